The van der Waals surface area contributed by atoms with Crippen LogP contribution in [-0.4, -0.2) is 55.3 Å². The molecular weight excluding hydrogens is 198 g/mol. The van der Waals surface area contributed by atoms with E-state index in [2.05, 4.69) is 15.5 Å². The highest BCUT2D eigenvalue weighted by Gasteiger charge is 2.27. The van der Waals surface area contributed by atoms with Crippen LogP contribution in [0.15, 0.2) is 6.33 Å². The molecule has 0 bridgehead atoms. The van der Waals surface area contributed by atoms with Crippen molar-refractivity contribution in [1.29, 1.82) is 0 Å². The summed E-state index contributed by atoms with van der Waals surface area (Å²) >= 11 is 0. The van der Waals surface area contributed by atoms with Gasteiger partial charge in [-0.25, -0.2) is 4.68 Å². The number of carbonyl (C=O) groups is 1. The molecule has 1 N–H and O–H groups in total. The van der Waals surface area contributed by atoms with E-state index < -0.39 is 0 Å². The number of tetrazole rings is 1. The quantitative estimate of drug-likeness (QED) is 0.668. The van der Waals surface area contributed by atoms with Crippen LogP contribution in [0.2, 0.25) is 0 Å². The second-order valence-corrected chi connectivity index (χ2v) is 3.57. The van der Waals surface area contributed by atoms with Gasteiger partial charge in [-0.2, -0.15) is 0 Å². The van der Waals surface area contributed by atoms with Gasteiger partial charge in [0.25, 0.3) is 0 Å². The first-order chi connectivity index (χ1) is 7.31. The Bertz CT molecular complexity index is 326. The van der Waals surface area contributed by atoms with E-state index in [1.807, 2.05) is 0 Å². The Balaban J connectivity index is 1.96. The number of carbonyl (C=O) groups excluding carboxylic acids is 1. The number of rotatable bonds is 3. The molecule has 2 rings (SSSR count). The third kappa shape index (κ3) is 2.12. The van der Waals surface area contributed by atoms with Crippen molar-refractivity contribution in [3.8, 4) is 0 Å². The van der Waals surface area contributed by atoms with Gasteiger partial charge in [-0.3, -0.25) is 4.79 Å². The fourth-order valence-corrected chi connectivity index (χ4v) is 1.84. The summed E-state index contributed by atoms with van der Waals surface area (Å²) < 4.78 is 1.38. The van der Waals surface area contributed by atoms with Crippen molar-refractivity contribution in [2.75, 3.05) is 13.2 Å². The molecule has 1 aromatic rings. The van der Waals surface area contributed by atoms with E-state index in [0.29, 0.717) is 6.54 Å². The molecular formula is C8H13N5O2. The van der Waals surface area contributed by atoms with Crippen molar-refractivity contribution in [3.63, 3.8) is 0 Å². The van der Waals surface area contributed by atoms with Crippen LogP contribution >= 0.6 is 0 Å². The summed E-state index contributed by atoms with van der Waals surface area (Å²) in [5, 5.41) is 19.6. The zero-order valence-electron chi connectivity index (χ0n) is 8.28. The predicted octanol–water partition coefficient (Wildman–Crippen LogP) is -1.34. The molecule has 1 aliphatic rings. The Kier molecular flexibility index (Phi) is 2.91. The van der Waals surface area contributed by atoms with Gasteiger partial charge < -0.3 is 10.0 Å². The fourth-order valence-electron chi connectivity index (χ4n) is 1.84. The van der Waals surface area contributed by atoms with Gasteiger partial charge in [0.2, 0.25) is 5.91 Å². The highest BCUT2D eigenvalue weighted by atomic mass is 16.3. The first-order valence-corrected chi connectivity index (χ1v) is 4.92. The molecule has 0 aromatic carbocycles. The maximum atomic E-state index is 11.8. The molecule has 82 valence electrons. The average Bonchev–Trinajstić information content (AvgIpc) is 2.86. The van der Waals surface area contributed by atoms with E-state index in [1.165, 1.54) is 11.0 Å². The van der Waals surface area contributed by atoms with Crippen molar-refractivity contribution in [2.24, 2.45) is 0 Å². The Morgan fingerprint density at radius 2 is 2.47 bits per heavy atom. The van der Waals surface area contributed by atoms with Gasteiger partial charge in [-0.15, -0.1) is 5.10 Å². The first kappa shape index (κ1) is 10.0. The highest BCUT2D eigenvalue weighted by Crippen LogP contribution is 2.16. The van der Waals surface area contributed by atoms with E-state index in [4.69, 9.17) is 5.11 Å². The maximum absolute atomic E-state index is 11.8. The predicted molar refractivity (Wildman–Crippen MR) is 49.6 cm³/mol. The summed E-state index contributed by atoms with van der Waals surface area (Å²) in [6, 6.07) is -0.0334. The Morgan fingerprint density at radius 1 is 1.60 bits per heavy atom. The molecule has 0 aliphatic carbocycles. The highest BCUT2D eigenvalue weighted by molar-refractivity contribution is 5.76. The number of aromatic nitrogens is 4. The molecule has 1 saturated heterocycles. The monoisotopic (exact) mass is 211 g/mol. The van der Waals surface area contributed by atoms with Gasteiger partial charge in [-0.1, -0.05) is 0 Å². The molecule has 1 fully saturated rings. The van der Waals surface area contributed by atoms with Crippen LogP contribution < -0.4 is 0 Å². The van der Waals surface area contributed by atoms with Gasteiger partial charge in [0.1, 0.15) is 12.9 Å². The summed E-state index contributed by atoms with van der Waals surface area (Å²) in [4.78, 5) is 13.5. The van der Waals surface area contributed by atoms with Crippen molar-refractivity contribution in [1.82, 2.24) is 25.1 Å². The number of amides is 1. The van der Waals surface area contributed by atoms with Gasteiger partial charge in [0, 0.05) is 6.54 Å². The Labute approximate surface area is 86.7 Å². The SMILES string of the molecule is O=C(Cn1cnnn1)N1CCCC1CO. The molecule has 7 nitrogen and oxygen atoms in total. The molecule has 0 radical (unpaired) electrons. The zero-order chi connectivity index (χ0) is 10.7. The first-order valence-electron chi connectivity index (χ1n) is 4.92. The smallest absolute Gasteiger partial charge is 0.244 e. The van der Waals surface area contributed by atoms with Crippen molar-refractivity contribution < 1.29 is 9.90 Å². The maximum Gasteiger partial charge on any atom is 0.244 e. The number of hydrogen-bond acceptors (Lipinski definition) is 5. The van der Waals surface area contributed by atoms with Crippen LogP contribution in [0, 0.1) is 0 Å². The molecule has 15 heavy (non-hydrogen) atoms. The van der Waals surface area contributed by atoms with Gasteiger partial charge in [-0.05, 0) is 23.3 Å². The number of aliphatic hydroxyl groups is 1. The fraction of sp³-hybridized carbons (Fsp3) is 0.750. The lowest BCUT2D eigenvalue weighted by atomic mass is 10.2. The molecule has 0 spiro atoms. The van der Waals surface area contributed by atoms with Crippen LogP contribution in [0.5, 0.6) is 0 Å². The lowest BCUT2D eigenvalue weighted by molar-refractivity contribution is -0.133. The third-order valence-electron chi connectivity index (χ3n) is 2.60. The lowest BCUT2D eigenvalue weighted by Gasteiger charge is -2.22. The standard InChI is InChI=1S/C8H13N5O2/c14-5-7-2-1-3-13(7)8(15)4-12-6-9-10-11-12/h6-7,14H,1-5H2. The second kappa shape index (κ2) is 4.35. The summed E-state index contributed by atoms with van der Waals surface area (Å²) in [6.45, 7) is 0.886. The minimum atomic E-state index is -0.0427. The summed E-state index contributed by atoms with van der Waals surface area (Å²) in [5.74, 6) is -0.0427. The van der Waals surface area contributed by atoms with Crippen LogP contribution in [0.25, 0.3) is 0 Å². The van der Waals surface area contributed by atoms with Crippen LogP contribution in [0.3, 0.4) is 0 Å². The number of aliphatic hydroxyl groups excluding tert-OH is 1. The van der Waals surface area contributed by atoms with Crippen LogP contribution in [-0.2, 0) is 11.3 Å². The van der Waals surface area contributed by atoms with E-state index >= 15 is 0 Å². The second-order valence-electron chi connectivity index (χ2n) is 3.57. The van der Waals surface area contributed by atoms with Crippen LogP contribution in [0.1, 0.15) is 12.8 Å². The van der Waals surface area contributed by atoms with Crippen LogP contribution in [0.4, 0.5) is 0 Å². The van der Waals surface area contributed by atoms with E-state index in [0.717, 1.165) is 12.8 Å². The molecule has 1 atom stereocenters. The lowest BCUT2D eigenvalue weighted by Crippen LogP contribution is -2.39. The van der Waals surface area contributed by atoms with Gasteiger partial charge in [0.15, 0.2) is 0 Å². The summed E-state index contributed by atoms with van der Waals surface area (Å²) in [5.41, 5.74) is 0. The minimum Gasteiger partial charge on any atom is -0.394 e. The van der Waals surface area contributed by atoms with Crippen molar-refractivity contribution >= 4 is 5.91 Å². The number of likely N-dealkylation sites (tertiary alicyclic amines) is 1. The summed E-state index contributed by atoms with van der Waals surface area (Å²) in [7, 11) is 0. The number of hydrogen-bond donors (Lipinski definition) is 1. The minimum absolute atomic E-state index is 0.0291. The largest absolute Gasteiger partial charge is 0.394 e. The molecule has 1 aromatic heterocycles. The van der Waals surface area contributed by atoms with E-state index in [9.17, 15) is 4.79 Å². The zero-order valence-corrected chi connectivity index (χ0v) is 8.28. The molecule has 0 saturated carbocycles. The molecule has 1 unspecified atom stereocenters. The van der Waals surface area contributed by atoms with E-state index in [1.54, 1.807) is 4.90 Å². The van der Waals surface area contributed by atoms with Gasteiger partial charge in [0.05, 0.1) is 12.6 Å². The molecule has 7 heteroatoms. The van der Waals surface area contributed by atoms with Gasteiger partial charge >= 0.3 is 0 Å². The van der Waals surface area contributed by atoms with E-state index in [-0.39, 0.29) is 25.1 Å². The topological polar surface area (TPSA) is 84.1 Å². The Hall–Kier alpha value is -1.50. The molecule has 1 amide bonds. The number of nitrogens with zero attached hydrogens (tertiary/aromatic N) is 5. The van der Waals surface area contributed by atoms with Crippen molar-refractivity contribution in [3.05, 3.63) is 6.33 Å². The Morgan fingerprint density at radius 3 is 3.13 bits per heavy atom. The average molecular weight is 211 g/mol. The molecule has 1 aliphatic heterocycles. The van der Waals surface area contributed by atoms with Crippen molar-refractivity contribution in [2.45, 2.75) is 25.4 Å². The normalized spacial score (nSPS) is 20.9. The summed E-state index contributed by atoms with van der Waals surface area (Å²) in [6.07, 6.45) is 3.23. The third-order valence-corrected chi connectivity index (χ3v) is 2.60. The molecule has 2 heterocycles.